The second-order valence-electron chi connectivity index (χ2n) is 16.3. The highest BCUT2D eigenvalue weighted by Crippen LogP contribution is 2.43. The van der Waals surface area contributed by atoms with Crippen LogP contribution in [0.5, 0.6) is 0 Å². The molecule has 64 heavy (non-hydrogen) atoms. The lowest BCUT2D eigenvalue weighted by Crippen LogP contribution is -1.96. The molecule has 12 aromatic rings. The second kappa shape index (κ2) is 15.7. The Morgan fingerprint density at radius 1 is 0.219 bits per heavy atom. The van der Waals surface area contributed by atoms with Gasteiger partial charge in [-0.15, -0.1) is 0 Å². The van der Waals surface area contributed by atoms with Crippen molar-refractivity contribution < 1.29 is 0 Å². The molecule has 10 aromatic carbocycles. The molecule has 0 unspecified atom stereocenters. The van der Waals surface area contributed by atoms with E-state index in [4.69, 9.17) is 15.0 Å². The van der Waals surface area contributed by atoms with Crippen LogP contribution in [0.1, 0.15) is 0 Å². The fraction of sp³-hybridized carbons (Fsp3) is 0. The maximum atomic E-state index is 5.42. The topological polar surface area (TPSA) is 38.7 Å². The molecular weight excluding hydrogens is 775 g/mol. The lowest BCUT2D eigenvalue weighted by atomic mass is 9.89. The molecule has 0 radical (unpaired) electrons. The highest BCUT2D eigenvalue weighted by molar-refractivity contribution is 6.33. The summed E-state index contributed by atoms with van der Waals surface area (Å²) in [5.41, 5.74) is 14.6. The zero-order chi connectivity index (χ0) is 42.4. The number of hydrogen-bond donors (Lipinski definition) is 0. The first-order valence-corrected chi connectivity index (χ1v) is 21.8. The van der Waals surface area contributed by atoms with Crippen LogP contribution in [0.4, 0.5) is 0 Å². The van der Waals surface area contributed by atoms with Crippen LogP contribution in [0.25, 0.3) is 122 Å². The van der Waals surface area contributed by atoms with E-state index >= 15 is 0 Å². The number of pyridine rings is 1. The number of aromatic nitrogens is 3. The quantitative estimate of drug-likeness (QED) is 0.150. The first-order valence-electron chi connectivity index (χ1n) is 21.8. The van der Waals surface area contributed by atoms with Crippen LogP contribution in [-0.4, -0.2) is 15.0 Å². The van der Waals surface area contributed by atoms with Gasteiger partial charge in [0.1, 0.15) is 0 Å². The first-order chi connectivity index (χ1) is 31.7. The van der Waals surface area contributed by atoms with Crippen LogP contribution in [0.15, 0.2) is 237 Å². The van der Waals surface area contributed by atoms with Crippen LogP contribution in [0, 0.1) is 0 Å². The predicted octanol–water partition coefficient (Wildman–Crippen LogP) is 16.2. The molecule has 0 amide bonds. The van der Waals surface area contributed by atoms with Gasteiger partial charge >= 0.3 is 0 Å². The summed E-state index contributed by atoms with van der Waals surface area (Å²) in [7, 11) is 0. The van der Waals surface area contributed by atoms with Gasteiger partial charge in [0.25, 0.3) is 0 Å². The molecule has 0 saturated carbocycles. The van der Waals surface area contributed by atoms with Crippen molar-refractivity contribution >= 4 is 43.2 Å². The maximum absolute atomic E-state index is 5.42. The Labute approximate surface area is 371 Å². The van der Waals surface area contributed by atoms with Crippen molar-refractivity contribution in [2.45, 2.75) is 0 Å². The minimum atomic E-state index is 0.683. The molecule has 3 nitrogen and oxygen atoms in total. The standard InChI is InChI=1S/C61H39N3/c1-3-16-40(17-4-1)44-20-13-23-47(36-44)57-39-56(63-61(64-57)49-25-15-22-46(38-49)41-18-5-2-6-19-41)43-34-32-42(33-35-43)45-21-14-24-48(37-45)60-59-53-29-10-8-27-51(53)50-26-7-9-28-52(50)58(59)54-30-11-12-31-55(54)62-60/h1-39H. The number of hydrogen-bond acceptors (Lipinski definition) is 3. The van der Waals surface area contributed by atoms with Gasteiger partial charge in [0, 0.05) is 38.4 Å². The molecule has 0 aliphatic rings. The van der Waals surface area contributed by atoms with Crippen LogP contribution in [-0.2, 0) is 0 Å². The highest BCUT2D eigenvalue weighted by atomic mass is 14.9. The molecule has 0 fully saturated rings. The average Bonchev–Trinajstić information content (AvgIpc) is 3.39. The van der Waals surface area contributed by atoms with Crippen molar-refractivity contribution in [2.75, 3.05) is 0 Å². The summed E-state index contributed by atoms with van der Waals surface area (Å²) in [6.07, 6.45) is 0. The zero-order valence-electron chi connectivity index (χ0n) is 34.9. The number of nitrogens with zero attached hydrogens (tertiary/aromatic N) is 3. The number of benzene rings is 10. The predicted molar refractivity (Wildman–Crippen MR) is 268 cm³/mol. The normalized spacial score (nSPS) is 11.4. The van der Waals surface area contributed by atoms with Gasteiger partial charge in [-0.3, -0.25) is 0 Å². The van der Waals surface area contributed by atoms with E-state index in [0.717, 1.165) is 72.7 Å². The molecule has 2 aromatic heterocycles. The fourth-order valence-electron chi connectivity index (χ4n) is 9.34. The summed E-state index contributed by atoms with van der Waals surface area (Å²) in [5.74, 6) is 0.683. The minimum absolute atomic E-state index is 0.683. The van der Waals surface area contributed by atoms with Crippen molar-refractivity contribution in [3.63, 3.8) is 0 Å². The monoisotopic (exact) mass is 813 g/mol. The maximum Gasteiger partial charge on any atom is 0.160 e. The summed E-state index contributed by atoms with van der Waals surface area (Å²) in [6.45, 7) is 0. The summed E-state index contributed by atoms with van der Waals surface area (Å²) in [4.78, 5) is 15.9. The third-order valence-corrected chi connectivity index (χ3v) is 12.4. The Morgan fingerprint density at radius 2 is 0.625 bits per heavy atom. The van der Waals surface area contributed by atoms with E-state index in [1.165, 1.54) is 43.3 Å². The van der Waals surface area contributed by atoms with Crippen molar-refractivity contribution in [2.24, 2.45) is 0 Å². The molecule has 0 bridgehead atoms. The second-order valence-corrected chi connectivity index (χ2v) is 16.3. The van der Waals surface area contributed by atoms with Crippen molar-refractivity contribution in [1.29, 1.82) is 0 Å². The van der Waals surface area contributed by atoms with Crippen molar-refractivity contribution in [1.82, 2.24) is 15.0 Å². The fourth-order valence-corrected chi connectivity index (χ4v) is 9.34. The zero-order valence-corrected chi connectivity index (χ0v) is 34.9. The van der Waals surface area contributed by atoms with E-state index in [0.29, 0.717) is 5.82 Å². The highest BCUT2D eigenvalue weighted by Gasteiger charge is 2.18. The SMILES string of the molecule is c1ccc(-c2cccc(-c3cc(-c4ccc(-c5cccc(-c6nc7ccccc7c7c8ccccc8c8ccccc8c67)c5)cc4)nc(-c4cccc(-c5ccccc5)c4)n3)c2)cc1. The lowest BCUT2D eigenvalue weighted by molar-refractivity contribution is 1.18. The van der Waals surface area contributed by atoms with Gasteiger partial charge in [-0.1, -0.05) is 206 Å². The van der Waals surface area contributed by atoms with Crippen molar-refractivity contribution in [3.8, 4) is 78.5 Å². The molecule has 0 spiro atoms. The number of para-hydroxylation sites is 1. The Kier molecular flexibility index (Phi) is 9.16. The van der Waals surface area contributed by atoms with Crippen LogP contribution in [0.2, 0.25) is 0 Å². The van der Waals surface area contributed by atoms with E-state index in [9.17, 15) is 0 Å². The average molecular weight is 814 g/mol. The largest absolute Gasteiger partial charge is 0.247 e. The van der Waals surface area contributed by atoms with Gasteiger partial charge in [0.05, 0.1) is 22.6 Å². The van der Waals surface area contributed by atoms with E-state index in [1.807, 2.05) is 6.07 Å². The van der Waals surface area contributed by atoms with Gasteiger partial charge in [-0.05, 0) is 85.3 Å². The first kappa shape index (κ1) is 37.2. The van der Waals surface area contributed by atoms with Crippen LogP contribution in [0.3, 0.4) is 0 Å². The van der Waals surface area contributed by atoms with E-state index in [-0.39, 0.29) is 0 Å². The molecule has 2 heterocycles. The van der Waals surface area contributed by atoms with Gasteiger partial charge in [0.2, 0.25) is 0 Å². The van der Waals surface area contributed by atoms with Gasteiger partial charge in [-0.25, -0.2) is 15.0 Å². The summed E-state index contributed by atoms with van der Waals surface area (Å²) in [5, 5.41) is 8.53. The van der Waals surface area contributed by atoms with Crippen molar-refractivity contribution in [3.05, 3.63) is 237 Å². The van der Waals surface area contributed by atoms with Gasteiger partial charge < -0.3 is 0 Å². The Bertz CT molecular complexity index is 3610. The Balaban J connectivity index is 0.969. The number of fused-ring (bicyclic) bond motifs is 8. The molecule has 3 heteroatoms. The summed E-state index contributed by atoms with van der Waals surface area (Å²) in [6, 6.07) is 83.9. The van der Waals surface area contributed by atoms with Gasteiger partial charge in [0.15, 0.2) is 5.82 Å². The smallest absolute Gasteiger partial charge is 0.160 e. The van der Waals surface area contributed by atoms with E-state index in [1.54, 1.807) is 0 Å². The molecule has 0 aliphatic carbocycles. The molecule has 298 valence electrons. The van der Waals surface area contributed by atoms with E-state index in [2.05, 4.69) is 231 Å². The Hall–Kier alpha value is -8.53. The molecule has 0 N–H and O–H groups in total. The number of rotatable bonds is 7. The van der Waals surface area contributed by atoms with Crippen LogP contribution < -0.4 is 0 Å². The summed E-state index contributed by atoms with van der Waals surface area (Å²) >= 11 is 0. The summed E-state index contributed by atoms with van der Waals surface area (Å²) < 4.78 is 0. The molecular formula is C61H39N3. The third kappa shape index (κ3) is 6.68. The van der Waals surface area contributed by atoms with Gasteiger partial charge in [-0.2, -0.15) is 0 Å². The molecule has 12 rings (SSSR count). The van der Waals surface area contributed by atoms with E-state index < -0.39 is 0 Å². The lowest BCUT2D eigenvalue weighted by Gasteiger charge is -2.16. The van der Waals surface area contributed by atoms with Crippen LogP contribution >= 0.6 is 0 Å². The Morgan fingerprint density at radius 3 is 1.25 bits per heavy atom. The molecule has 0 saturated heterocycles. The molecule has 0 aliphatic heterocycles. The minimum Gasteiger partial charge on any atom is -0.247 e. The third-order valence-electron chi connectivity index (χ3n) is 12.4. The molecule has 0 atom stereocenters.